The third-order valence-corrected chi connectivity index (χ3v) is 4.97. The molecule has 2 heteroatoms. The molecule has 2 rings (SSSR count). The molecule has 0 aromatic heterocycles. The minimum absolute atomic E-state index is 0.612. The molecule has 1 aromatic rings. The van der Waals surface area contributed by atoms with Gasteiger partial charge in [-0.25, -0.2) is 0 Å². The third-order valence-electron chi connectivity index (χ3n) is 4.97. The predicted octanol–water partition coefficient (Wildman–Crippen LogP) is 5.04. The van der Waals surface area contributed by atoms with Crippen LogP contribution in [-0.4, -0.2) is 24.0 Å². The molecule has 0 fully saturated rings. The van der Waals surface area contributed by atoms with E-state index in [2.05, 4.69) is 56.0 Å². The molecule has 0 spiro atoms. The quantitative estimate of drug-likeness (QED) is 0.658. The molecule has 1 aliphatic carbocycles. The van der Waals surface area contributed by atoms with Crippen LogP contribution in [0.15, 0.2) is 42.0 Å². The lowest BCUT2D eigenvalue weighted by Crippen LogP contribution is -2.40. The van der Waals surface area contributed by atoms with E-state index in [1.807, 2.05) is 12.1 Å². The summed E-state index contributed by atoms with van der Waals surface area (Å²) in [6.45, 7) is 8.84. The van der Waals surface area contributed by atoms with Crippen molar-refractivity contribution in [3.8, 4) is 6.07 Å². The molecule has 24 heavy (non-hydrogen) atoms. The first-order chi connectivity index (χ1) is 11.7. The molecule has 0 N–H and O–H groups in total. The first-order valence-corrected chi connectivity index (χ1v) is 9.23. The van der Waals surface area contributed by atoms with Crippen molar-refractivity contribution in [1.29, 1.82) is 5.26 Å². The Morgan fingerprint density at radius 2 is 2.21 bits per heavy atom. The molecular formula is C22H30N2. The number of hydrogen-bond donors (Lipinski definition) is 0. The highest BCUT2D eigenvalue weighted by Crippen LogP contribution is 2.27. The summed E-state index contributed by atoms with van der Waals surface area (Å²) >= 11 is 0. The molecule has 1 aliphatic rings. The predicted molar refractivity (Wildman–Crippen MR) is 102 cm³/mol. The van der Waals surface area contributed by atoms with Gasteiger partial charge in [-0.15, -0.1) is 0 Å². The summed E-state index contributed by atoms with van der Waals surface area (Å²) in [5, 5.41) is 9.30. The van der Waals surface area contributed by atoms with Gasteiger partial charge in [0.1, 0.15) is 0 Å². The van der Waals surface area contributed by atoms with Crippen molar-refractivity contribution in [2.24, 2.45) is 0 Å². The number of benzene rings is 1. The maximum atomic E-state index is 9.30. The highest BCUT2D eigenvalue weighted by Gasteiger charge is 2.25. The molecule has 0 bridgehead atoms. The fourth-order valence-corrected chi connectivity index (χ4v) is 3.63. The lowest BCUT2D eigenvalue weighted by molar-refractivity contribution is 0.181. The number of rotatable bonds is 7. The molecule has 2 nitrogen and oxygen atoms in total. The van der Waals surface area contributed by atoms with E-state index < -0.39 is 0 Å². The summed E-state index contributed by atoms with van der Waals surface area (Å²) in [4.78, 5) is 2.66. The molecule has 0 saturated heterocycles. The van der Waals surface area contributed by atoms with Crippen LogP contribution in [0.5, 0.6) is 0 Å². The summed E-state index contributed by atoms with van der Waals surface area (Å²) in [5.74, 6) is 0. The maximum Gasteiger partial charge on any atom is 0.0994 e. The van der Waals surface area contributed by atoms with Crippen LogP contribution in [0.25, 0.3) is 0 Å². The first kappa shape index (κ1) is 18.5. The van der Waals surface area contributed by atoms with Gasteiger partial charge >= 0.3 is 0 Å². The van der Waals surface area contributed by atoms with Crippen LogP contribution in [0.4, 0.5) is 0 Å². The lowest BCUT2D eigenvalue weighted by atomic mass is 9.85. The Morgan fingerprint density at radius 3 is 2.92 bits per heavy atom. The number of nitriles is 1. The van der Waals surface area contributed by atoms with Gasteiger partial charge in [-0.05, 0) is 69.7 Å². The van der Waals surface area contributed by atoms with Crippen molar-refractivity contribution in [1.82, 2.24) is 4.90 Å². The first-order valence-electron chi connectivity index (χ1n) is 9.23. The smallest absolute Gasteiger partial charge is 0.0994 e. The van der Waals surface area contributed by atoms with Crippen LogP contribution in [0.3, 0.4) is 0 Å². The van der Waals surface area contributed by atoms with Crippen LogP contribution in [0, 0.1) is 11.3 Å². The van der Waals surface area contributed by atoms with Gasteiger partial charge in [-0.1, -0.05) is 42.9 Å². The highest BCUT2D eigenvalue weighted by atomic mass is 15.1. The minimum Gasteiger partial charge on any atom is -0.300 e. The van der Waals surface area contributed by atoms with Gasteiger partial charge in [-0.3, -0.25) is 4.90 Å². The van der Waals surface area contributed by atoms with Gasteiger partial charge in [0, 0.05) is 12.6 Å². The zero-order valence-electron chi connectivity index (χ0n) is 15.4. The molecular weight excluding hydrogens is 292 g/mol. The fourth-order valence-electron chi connectivity index (χ4n) is 3.63. The third kappa shape index (κ3) is 4.82. The molecule has 128 valence electrons. The Morgan fingerprint density at radius 1 is 1.38 bits per heavy atom. The molecule has 1 unspecified atom stereocenters. The fraction of sp³-hybridized carbons (Fsp3) is 0.500. The molecule has 0 radical (unpaired) electrons. The second kappa shape index (κ2) is 9.45. The lowest BCUT2D eigenvalue weighted by Gasteiger charge is -2.35. The Balaban J connectivity index is 2.05. The largest absolute Gasteiger partial charge is 0.300 e. The summed E-state index contributed by atoms with van der Waals surface area (Å²) in [6, 6.07) is 9.17. The Kier molecular flexibility index (Phi) is 7.28. The van der Waals surface area contributed by atoms with Gasteiger partial charge in [0.15, 0.2) is 0 Å². The monoisotopic (exact) mass is 322 g/mol. The highest BCUT2D eigenvalue weighted by molar-refractivity contribution is 5.44. The number of allylic oxidation sites excluding steroid dienone is 3. The van der Waals surface area contributed by atoms with E-state index >= 15 is 0 Å². The van der Waals surface area contributed by atoms with Crippen molar-refractivity contribution in [3.05, 3.63) is 58.7 Å². The summed E-state index contributed by atoms with van der Waals surface area (Å²) in [6.07, 6.45) is 12.0. The van der Waals surface area contributed by atoms with Gasteiger partial charge in [0.05, 0.1) is 11.6 Å². The maximum absolute atomic E-state index is 9.30. The topological polar surface area (TPSA) is 27.0 Å². The van der Waals surface area contributed by atoms with Gasteiger partial charge in [-0.2, -0.15) is 5.26 Å². The van der Waals surface area contributed by atoms with Crippen molar-refractivity contribution < 1.29 is 0 Å². The van der Waals surface area contributed by atoms with Gasteiger partial charge < -0.3 is 0 Å². The SMILES string of the molecule is C/C=C\C=C(/C)CCN(CCC)C1CCc2c(C#N)cccc2C1. The zero-order chi connectivity index (χ0) is 17.4. The molecule has 0 heterocycles. The standard InChI is InChI=1S/C22H30N2/c1-4-6-8-18(3)13-15-24(14-5-2)21-11-12-22-19(16-21)9-7-10-20(22)17-23/h4,6-10,21H,5,11-16H2,1-3H3/b6-4-,18-8+. The average Bonchev–Trinajstić information content (AvgIpc) is 2.62. The normalized spacial score (nSPS) is 18.0. The van der Waals surface area contributed by atoms with E-state index in [-0.39, 0.29) is 0 Å². The van der Waals surface area contributed by atoms with E-state index in [1.54, 1.807) is 0 Å². The van der Waals surface area contributed by atoms with Crippen molar-refractivity contribution >= 4 is 0 Å². The van der Waals surface area contributed by atoms with E-state index in [0.29, 0.717) is 6.04 Å². The number of hydrogen-bond acceptors (Lipinski definition) is 2. The Bertz CT molecular complexity index is 634. The minimum atomic E-state index is 0.612. The number of fused-ring (bicyclic) bond motifs is 1. The molecule has 0 amide bonds. The Hall–Kier alpha value is -1.85. The summed E-state index contributed by atoms with van der Waals surface area (Å²) in [5.41, 5.74) is 4.99. The molecule has 0 aliphatic heterocycles. The summed E-state index contributed by atoms with van der Waals surface area (Å²) in [7, 11) is 0. The second-order valence-electron chi connectivity index (χ2n) is 6.78. The van der Waals surface area contributed by atoms with Crippen LogP contribution < -0.4 is 0 Å². The molecule has 1 atom stereocenters. The van der Waals surface area contributed by atoms with Crippen molar-refractivity contribution in [2.75, 3.05) is 13.1 Å². The molecule has 1 aromatic carbocycles. The van der Waals surface area contributed by atoms with Crippen LogP contribution in [0.2, 0.25) is 0 Å². The van der Waals surface area contributed by atoms with Gasteiger partial charge in [0.25, 0.3) is 0 Å². The van der Waals surface area contributed by atoms with Crippen LogP contribution in [0.1, 0.15) is 56.7 Å². The van der Waals surface area contributed by atoms with E-state index in [4.69, 9.17) is 0 Å². The van der Waals surface area contributed by atoms with Gasteiger partial charge in [0.2, 0.25) is 0 Å². The van der Waals surface area contributed by atoms with Crippen LogP contribution in [-0.2, 0) is 12.8 Å². The van der Waals surface area contributed by atoms with Crippen molar-refractivity contribution in [2.45, 2.75) is 58.9 Å². The van der Waals surface area contributed by atoms with E-state index in [0.717, 1.165) is 37.9 Å². The average molecular weight is 322 g/mol. The zero-order valence-corrected chi connectivity index (χ0v) is 15.4. The van der Waals surface area contributed by atoms with E-state index in [9.17, 15) is 5.26 Å². The van der Waals surface area contributed by atoms with Crippen LogP contribution >= 0.6 is 0 Å². The molecule has 0 saturated carbocycles. The Labute approximate surface area is 147 Å². The second-order valence-corrected chi connectivity index (χ2v) is 6.78. The number of nitrogens with zero attached hydrogens (tertiary/aromatic N) is 2. The van der Waals surface area contributed by atoms with E-state index in [1.165, 1.54) is 29.5 Å². The van der Waals surface area contributed by atoms with Crippen molar-refractivity contribution in [3.63, 3.8) is 0 Å². The summed E-state index contributed by atoms with van der Waals surface area (Å²) < 4.78 is 0.